The van der Waals surface area contributed by atoms with Gasteiger partial charge in [0.05, 0.1) is 11.3 Å². The lowest BCUT2D eigenvalue weighted by atomic mass is 9.98. The highest BCUT2D eigenvalue weighted by molar-refractivity contribution is 5.97. The molecular weight excluding hydrogens is 318 g/mol. The Balaban J connectivity index is 2.53. The summed E-state index contributed by atoms with van der Waals surface area (Å²) < 4.78 is 28.2. The van der Waals surface area contributed by atoms with Crippen molar-refractivity contribution < 1.29 is 18.7 Å². The molecule has 118 valence electrons. The number of nitrogens with one attached hydrogen (secondary N) is 1. The van der Waals surface area contributed by atoms with Gasteiger partial charge in [0.25, 0.3) is 0 Å². The van der Waals surface area contributed by atoms with Crippen molar-refractivity contribution in [3.8, 4) is 17.3 Å². The SMILES string of the molecule is N#Cc1c(-c2c(F)ccc(F)c2C(=O)O)[nH]c2ccccc2c1=O. The number of carbonyl (C=O) groups is 1. The highest BCUT2D eigenvalue weighted by Crippen LogP contribution is 2.30. The quantitative estimate of drug-likeness (QED) is 0.757. The van der Waals surface area contributed by atoms with E-state index in [4.69, 9.17) is 0 Å². The Morgan fingerprint density at radius 3 is 2.46 bits per heavy atom. The number of nitriles is 1. The molecule has 1 aromatic heterocycles. The first-order valence-corrected chi connectivity index (χ1v) is 6.72. The Morgan fingerprint density at radius 1 is 1.12 bits per heavy atom. The molecule has 0 spiro atoms. The van der Waals surface area contributed by atoms with Gasteiger partial charge < -0.3 is 10.1 Å². The monoisotopic (exact) mass is 326 g/mol. The van der Waals surface area contributed by atoms with Crippen LogP contribution in [-0.4, -0.2) is 16.1 Å². The number of aromatic nitrogens is 1. The fraction of sp³-hybridized carbons (Fsp3) is 0. The summed E-state index contributed by atoms with van der Waals surface area (Å²) in [7, 11) is 0. The van der Waals surface area contributed by atoms with Crippen LogP contribution in [0.4, 0.5) is 8.78 Å². The molecule has 2 N–H and O–H groups in total. The van der Waals surface area contributed by atoms with Gasteiger partial charge in [-0.15, -0.1) is 0 Å². The minimum absolute atomic E-state index is 0.187. The normalized spacial score (nSPS) is 10.5. The molecule has 0 radical (unpaired) electrons. The van der Waals surface area contributed by atoms with E-state index in [-0.39, 0.29) is 16.6 Å². The summed E-state index contributed by atoms with van der Waals surface area (Å²) in [4.78, 5) is 26.4. The van der Waals surface area contributed by atoms with E-state index < -0.39 is 39.7 Å². The average Bonchev–Trinajstić information content (AvgIpc) is 2.56. The number of hydrogen-bond donors (Lipinski definition) is 2. The zero-order chi connectivity index (χ0) is 17.4. The largest absolute Gasteiger partial charge is 0.478 e. The molecule has 0 aliphatic heterocycles. The van der Waals surface area contributed by atoms with Crippen LogP contribution in [0.5, 0.6) is 0 Å². The fourth-order valence-electron chi connectivity index (χ4n) is 2.53. The van der Waals surface area contributed by atoms with Crippen LogP contribution in [-0.2, 0) is 0 Å². The van der Waals surface area contributed by atoms with Crippen molar-refractivity contribution >= 4 is 16.9 Å². The van der Waals surface area contributed by atoms with E-state index in [0.29, 0.717) is 6.07 Å². The second-order valence-corrected chi connectivity index (χ2v) is 4.95. The van der Waals surface area contributed by atoms with Crippen LogP contribution in [0.3, 0.4) is 0 Å². The van der Waals surface area contributed by atoms with Crippen molar-refractivity contribution in [3.05, 3.63) is 69.4 Å². The predicted molar refractivity (Wildman–Crippen MR) is 81.6 cm³/mol. The minimum Gasteiger partial charge on any atom is -0.478 e. The standard InChI is InChI=1S/C17H8F2N2O3/c18-10-5-6-11(19)14(17(23)24)13(10)15-9(7-20)16(22)8-3-1-2-4-12(8)21-15/h1-6H,(H,21,22)(H,23,24). The fourth-order valence-corrected chi connectivity index (χ4v) is 2.53. The van der Waals surface area contributed by atoms with Crippen LogP contribution in [0.2, 0.25) is 0 Å². The number of rotatable bonds is 2. The van der Waals surface area contributed by atoms with Crippen molar-refractivity contribution in [2.75, 3.05) is 0 Å². The lowest BCUT2D eigenvalue weighted by molar-refractivity contribution is 0.0692. The highest BCUT2D eigenvalue weighted by atomic mass is 19.1. The number of aromatic carboxylic acids is 1. The van der Waals surface area contributed by atoms with Gasteiger partial charge in [0, 0.05) is 10.9 Å². The zero-order valence-electron chi connectivity index (χ0n) is 11.9. The lowest BCUT2D eigenvalue weighted by Crippen LogP contribution is -2.13. The topological polar surface area (TPSA) is 93.9 Å². The van der Waals surface area contributed by atoms with Crippen molar-refractivity contribution in [1.82, 2.24) is 4.98 Å². The number of aromatic amines is 1. The van der Waals surface area contributed by atoms with E-state index in [1.807, 2.05) is 0 Å². The first kappa shape index (κ1) is 15.4. The molecule has 0 bridgehead atoms. The summed E-state index contributed by atoms with van der Waals surface area (Å²) in [5, 5.41) is 18.7. The van der Waals surface area contributed by atoms with E-state index in [1.165, 1.54) is 12.1 Å². The third-order valence-corrected chi connectivity index (χ3v) is 3.59. The molecule has 1 heterocycles. The van der Waals surface area contributed by atoms with Gasteiger partial charge in [-0.25, -0.2) is 13.6 Å². The van der Waals surface area contributed by atoms with Gasteiger partial charge >= 0.3 is 5.97 Å². The first-order chi connectivity index (χ1) is 11.5. The molecule has 7 heteroatoms. The van der Waals surface area contributed by atoms with Crippen molar-refractivity contribution in [2.24, 2.45) is 0 Å². The molecule has 24 heavy (non-hydrogen) atoms. The molecular formula is C17H8F2N2O3. The molecule has 3 rings (SSSR count). The van der Waals surface area contributed by atoms with Crippen LogP contribution in [0.25, 0.3) is 22.2 Å². The Hall–Kier alpha value is -3.53. The number of benzene rings is 2. The molecule has 0 saturated carbocycles. The minimum atomic E-state index is -1.71. The van der Waals surface area contributed by atoms with Gasteiger partial charge in [0.1, 0.15) is 28.8 Å². The highest BCUT2D eigenvalue weighted by Gasteiger charge is 2.25. The molecule has 0 amide bonds. The number of nitrogens with zero attached hydrogens (tertiary/aromatic N) is 1. The number of carboxylic acids is 1. The molecule has 0 aliphatic rings. The summed E-state index contributed by atoms with van der Waals surface area (Å²) in [5.41, 5.74) is -2.88. The maximum Gasteiger partial charge on any atom is 0.339 e. The van der Waals surface area contributed by atoms with Crippen LogP contribution in [0.15, 0.2) is 41.2 Å². The average molecular weight is 326 g/mol. The van der Waals surface area contributed by atoms with Crippen LogP contribution >= 0.6 is 0 Å². The molecule has 0 atom stereocenters. The maximum atomic E-state index is 14.3. The van der Waals surface area contributed by atoms with E-state index in [0.717, 1.165) is 6.07 Å². The number of fused-ring (bicyclic) bond motifs is 1. The molecule has 0 unspecified atom stereocenters. The molecule has 3 aromatic rings. The molecule has 2 aromatic carbocycles. The number of H-pyrrole nitrogens is 1. The van der Waals surface area contributed by atoms with E-state index >= 15 is 0 Å². The summed E-state index contributed by atoms with van der Waals surface area (Å²) in [6, 6.07) is 9.23. The first-order valence-electron chi connectivity index (χ1n) is 6.72. The van der Waals surface area contributed by atoms with E-state index in [1.54, 1.807) is 18.2 Å². The second-order valence-electron chi connectivity index (χ2n) is 4.95. The third-order valence-electron chi connectivity index (χ3n) is 3.59. The zero-order valence-corrected chi connectivity index (χ0v) is 11.9. The van der Waals surface area contributed by atoms with E-state index in [9.17, 15) is 28.7 Å². The Labute approximate surface area is 133 Å². The summed E-state index contributed by atoms with van der Waals surface area (Å²) in [6.07, 6.45) is 0. The second kappa shape index (κ2) is 5.59. The number of pyridine rings is 1. The van der Waals surface area contributed by atoms with Crippen LogP contribution in [0.1, 0.15) is 15.9 Å². The number of hydrogen-bond acceptors (Lipinski definition) is 3. The van der Waals surface area contributed by atoms with Gasteiger partial charge in [-0.1, -0.05) is 12.1 Å². The maximum absolute atomic E-state index is 14.3. The number of carboxylic acid groups (broad SMARTS) is 1. The number of para-hydroxylation sites is 1. The van der Waals surface area contributed by atoms with Gasteiger partial charge in [-0.2, -0.15) is 5.26 Å². The van der Waals surface area contributed by atoms with Crippen molar-refractivity contribution in [3.63, 3.8) is 0 Å². The summed E-state index contributed by atoms with van der Waals surface area (Å²) in [5.74, 6) is -3.94. The molecule has 0 saturated heterocycles. The van der Waals surface area contributed by atoms with Gasteiger partial charge in [-0.3, -0.25) is 4.79 Å². The molecule has 5 nitrogen and oxygen atoms in total. The number of halogens is 2. The predicted octanol–water partition coefficient (Wildman–Crippen LogP) is 3.04. The summed E-state index contributed by atoms with van der Waals surface area (Å²) in [6.45, 7) is 0. The Kier molecular flexibility index (Phi) is 3.58. The molecule has 0 aliphatic carbocycles. The van der Waals surface area contributed by atoms with Crippen molar-refractivity contribution in [1.29, 1.82) is 5.26 Å². The smallest absolute Gasteiger partial charge is 0.339 e. The Bertz CT molecular complexity index is 1100. The van der Waals surface area contributed by atoms with Gasteiger partial charge in [-0.05, 0) is 24.3 Å². The third kappa shape index (κ3) is 2.21. The Morgan fingerprint density at radius 2 is 1.79 bits per heavy atom. The van der Waals surface area contributed by atoms with Crippen molar-refractivity contribution in [2.45, 2.75) is 0 Å². The molecule has 0 fully saturated rings. The van der Waals surface area contributed by atoms with Gasteiger partial charge in [0.2, 0.25) is 5.43 Å². The van der Waals surface area contributed by atoms with Crippen LogP contribution in [0, 0.1) is 23.0 Å². The summed E-state index contributed by atoms with van der Waals surface area (Å²) >= 11 is 0. The lowest BCUT2D eigenvalue weighted by Gasteiger charge is -2.11. The van der Waals surface area contributed by atoms with E-state index in [2.05, 4.69) is 4.98 Å². The van der Waals surface area contributed by atoms with Crippen LogP contribution < -0.4 is 5.43 Å². The van der Waals surface area contributed by atoms with Gasteiger partial charge in [0.15, 0.2) is 0 Å².